The van der Waals surface area contributed by atoms with E-state index in [1.54, 1.807) is 30.3 Å². The van der Waals surface area contributed by atoms with E-state index in [9.17, 15) is 13.2 Å². The van der Waals surface area contributed by atoms with Crippen molar-refractivity contribution in [1.82, 2.24) is 3.97 Å². The van der Waals surface area contributed by atoms with Crippen molar-refractivity contribution in [2.75, 3.05) is 13.2 Å². The fraction of sp³-hybridized carbons (Fsp3) is 0.353. The van der Waals surface area contributed by atoms with Gasteiger partial charge in [-0.1, -0.05) is 17.7 Å². The number of hydrogen-bond acceptors (Lipinski definition) is 5. The highest BCUT2D eigenvalue weighted by atomic mass is 32.2. The summed E-state index contributed by atoms with van der Waals surface area (Å²) < 4.78 is 37.1. The van der Waals surface area contributed by atoms with Crippen LogP contribution in [0.5, 0.6) is 0 Å². The van der Waals surface area contributed by atoms with Crippen LogP contribution < -0.4 is 0 Å². The molecule has 1 aromatic carbocycles. The van der Waals surface area contributed by atoms with Gasteiger partial charge in [0.05, 0.1) is 23.8 Å². The van der Waals surface area contributed by atoms with Gasteiger partial charge < -0.3 is 9.47 Å². The SMILES string of the molecule is Cc1ccc(S(=O)(=O)n2cccc2C(=O)CCC2OCCO2)cc1. The van der Waals surface area contributed by atoms with Gasteiger partial charge in [0.15, 0.2) is 12.1 Å². The second kappa shape index (κ2) is 6.88. The first-order valence-corrected chi connectivity index (χ1v) is 9.18. The molecule has 0 N–H and O–H groups in total. The largest absolute Gasteiger partial charge is 0.350 e. The molecule has 1 saturated heterocycles. The number of rotatable bonds is 6. The Bertz CT molecular complexity index is 817. The van der Waals surface area contributed by atoms with Gasteiger partial charge in [-0.15, -0.1) is 0 Å². The molecule has 1 fully saturated rings. The van der Waals surface area contributed by atoms with Crippen LogP contribution >= 0.6 is 0 Å². The number of Topliss-reactive ketones (excluding diaryl/α,β-unsaturated/α-hetero) is 1. The van der Waals surface area contributed by atoms with E-state index >= 15 is 0 Å². The van der Waals surface area contributed by atoms with E-state index < -0.39 is 10.0 Å². The first kappa shape index (κ1) is 16.9. The van der Waals surface area contributed by atoms with Crippen molar-refractivity contribution in [2.45, 2.75) is 31.0 Å². The van der Waals surface area contributed by atoms with Crippen molar-refractivity contribution >= 4 is 15.8 Å². The number of ether oxygens (including phenoxy) is 2. The Kier molecular flexibility index (Phi) is 4.84. The van der Waals surface area contributed by atoms with Crippen LogP contribution in [0, 0.1) is 6.92 Å². The number of nitrogens with zero attached hydrogens (tertiary/aromatic N) is 1. The third-order valence-corrected chi connectivity index (χ3v) is 5.58. The number of ketones is 1. The zero-order valence-electron chi connectivity index (χ0n) is 13.3. The molecule has 1 aliphatic heterocycles. The molecule has 0 unspecified atom stereocenters. The number of aromatic nitrogens is 1. The number of aryl methyl sites for hydroxylation is 1. The topological polar surface area (TPSA) is 74.6 Å². The second-order valence-corrected chi connectivity index (χ2v) is 7.46. The van der Waals surface area contributed by atoms with E-state index in [0.29, 0.717) is 19.6 Å². The van der Waals surface area contributed by atoms with Crippen LogP contribution in [0.3, 0.4) is 0 Å². The molecule has 7 heteroatoms. The van der Waals surface area contributed by atoms with Crippen molar-refractivity contribution in [3.05, 3.63) is 53.9 Å². The maximum Gasteiger partial charge on any atom is 0.268 e. The van der Waals surface area contributed by atoms with E-state index in [1.807, 2.05) is 6.92 Å². The molecule has 2 aromatic rings. The van der Waals surface area contributed by atoms with Gasteiger partial charge in [0.2, 0.25) is 0 Å². The van der Waals surface area contributed by atoms with E-state index in [4.69, 9.17) is 9.47 Å². The van der Waals surface area contributed by atoms with E-state index in [2.05, 4.69) is 0 Å². The first-order chi connectivity index (χ1) is 11.5. The van der Waals surface area contributed by atoms with Gasteiger partial charge in [-0.2, -0.15) is 0 Å². The summed E-state index contributed by atoms with van der Waals surface area (Å²) in [7, 11) is -3.79. The molecule has 1 aromatic heterocycles. The predicted molar refractivity (Wildman–Crippen MR) is 87.5 cm³/mol. The summed E-state index contributed by atoms with van der Waals surface area (Å²) in [6, 6.07) is 9.61. The Morgan fingerprint density at radius 2 is 1.83 bits per heavy atom. The molecule has 0 radical (unpaired) electrons. The standard InChI is InChI=1S/C17H19NO5S/c1-13-4-6-14(7-5-13)24(20,21)18-10-2-3-15(18)16(19)8-9-17-22-11-12-23-17/h2-7,10,17H,8-9,11-12H2,1H3. The number of hydrogen-bond donors (Lipinski definition) is 0. The first-order valence-electron chi connectivity index (χ1n) is 7.74. The quantitative estimate of drug-likeness (QED) is 0.749. The summed E-state index contributed by atoms with van der Waals surface area (Å²) in [5.74, 6) is -0.255. The maximum absolute atomic E-state index is 12.8. The summed E-state index contributed by atoms with van der Waals surface area (Å²) in [6.07, 6.45) is 1.59. The molecule has 0 amide bonds. The normalized spacial score (nSPS) is 15.7. The van der Waals surface area contributed by atoms with Gasteiger partial charge in [-0.05, 0) is 31.2 Å². The minimum atomic E-state index is -3.79. The highest BCUT2D eigenvalue weighted by Gasteiger charge is 2.24. The van der Waals surface area contributed by atoms with Crippen LogP contribution in [-0.2, 0) is 19.5 Å². The van der Waals surface area contributed by atoms with Crippen molar-refractivity contribution in [2.24, 2.45) is 0 Å². The molecule has 0 saturated carbocycles. The minimum Gasteiger partial charge on any atom is -0.350 e. The van der Waals surface area contributed by atoms with Gasteiger partial charge in [0.25, 0.3) is 10.0 Å². The fourth-order valence-corrected chi connectivity index (χ4v) is 3.93. The third-order valence-electron chi connectivity index (χ3n) is 3.87. The lowest BCUT2D eigenvalue weighted by Crippen LogP contribution is -2.19. The summed E-state index contributed by atoms with van der Waals surface area (Å²) >= 11 is 0. The van der Waals surface area contributed by atoms with Gasteiger partial charge in [0, 0.05) is 19.0 Å². The molecular weight excluding hydrogens is 330 g/mol. The Morgan fingerprint density at radius 3 is 2.50 bits per heavy atom. The molecule has 0 spiro atoms. The Labute approximate surface area is 141 Å². The van der Waals surface area contributed by atoms with Crippen molar-refractivity contribution < 1.29 is 22.7 Å². The van der Waals surface area contributed by atoms with Gasteiger partial charge in [0.1, 0.15) is 0 Å². The number of benzene rings is 1. The molecule has 6 nitrogen and oxygen atoms in total. The lowest BCUT2D eigenvalue weighted by atomic mass is 10.1. The predicted octanol–water partition coefficient (Wildman–Crippen LogP) is 2.37. The molecule has 0 bridgehead atoms. The fourth-order valence-electron chi connectivity index (χ4n) is 2.57. The molecular formula is C17H19NO5S. The average Bonchev–Trinajstić information content (AvgIpc) is 3.24. The Morgan fingerprint density at radius 1 is 1.17 bits per heavy atom. The summed E-state index contributed by atoms with van der Waals surface area (Å²) in [5.41, 5.74) is 1.11. The van der Waals surface area contributed by atoms with Crippen LogP contribution in [0.2, 0.25) is 0 Å². The molecule has 0 atom stereocenters. The van der Waals surface area contributed by atoms with Gasteiger partial charge in [-0.3, -0.25) is 4.79 Å². The van der Waals surface area contributed by atoms with Crippen LogP contribution in [0.15, 0.2) is 47.5 Å². The third kappa shape index (κ3) is 3.43. The molecule has 0 aliphatic carbocycles. The smallest absolute Gasteiger partial charge is 0.268 e. The molecule has 128 valence electrons. The lowest BCUT2D eigenvalue weighted by Gasteiger charge is -2.11. The Balaban J connectivity index is 1.81. The lowest BCUT2D eigenvalue weighted by molar-refractivity contribution is -0.0464. The highest BCUT2D eigenvalue weighted by Crippen LogP contribution is 2.20. The van der Waals surface area contributed by atoms with E-state index in [-0.39, 0.29) is 29.1 Å². The van der Waals surface area contributed by atoms with Gasteiger partial charge >= 0.3 is 0 Å². The molecule has 24 heavy (non-hydrogen) atoms. The number of carbonyl (C=O) groups excluding carboxylic acids is 1. The van der Waals surface area contributed by atoms with E-state index in [1.165, 1.54) is 12.3 Å². The summed E-state index contributed by atoms with van der Waals surface area (Å²) in [4.78, 5) is 12.6. The maximum atomic E-state index is 12.8. The Hall–Kier alpha value is -1.96. The van der Waals surface area contributed by atoms with Crippen molar-refractivity contribution in [3.63, 3.8) is 0 Å². The van der Waals surface area contributed by atoms with Gasteiger partial charge in [-0.25, -0.2) is 12.4 Å². The summed E-state index contributed by atoms with van der Waals surface area (Å²) in [5, 5.41) is 0. The zero-order valence-corrected chi connectivity index (χ0v) is 14.2. The van der Waals surface area contributed by atoms with Crippen LogP contribution in [-0.4, -0.2) is 37.7 Å². The summed E-state index contributed by atoms with van der Waals surface area (Å²) in [6.45, 7) is 2.93. The minimum absolute atomic E-state index is 0.147. The zero-order chi connectivity index (χ0) is 17.2. The average molecular weight is 349 g/mol. The van der Waals surface area contributed by atoms with Crippen LogP contribution in [0.4, 0.5) is 0 Å². The molecule has 2 heterocycles. The van der Waals surface area contributed by atoms with E-state index in [0.717, 1.165) is 9.54 Å². The van der Waals surface area contributed by atoms with Crippen LogP contribution in [0.25, 0.3) is 0 Å². The molecule has 3 rings (SSSR count). The van der Waals surface area contributed by atoms with Crippen molar-refractivity contribution in [3.8, 4) is 0 Å². The second-order valence-electron chi connectivity index (χ2n) is 5.64. The van der Waals surface area contributed by atoms with Crippen molar-refractivity contribution in [1.29, 1.82) is 0 Å². The monoisotopic (exact) mass is 349 g/mol. The molecule has 1 aliphatic rings. The number of carbonyl (C=O) groups is 1. The highest BCUT2D eigenvalue weighted by molar-refractivity contribution is 7.90. The van der Waals surface area contributed by atoms with Crippen LogP contribution in [0.1, 0.15) is 28.9 Å².